The highest BCUT2D eigenvalue weighted by Crippen LogP contribution is 3.02. The van der Waals surface area contributed by atoms with E-state index >= 15 is 0 Å². The van der Waals surface area contributed by atoms with E-state index in [1.165, 1.54) is 11.0 Å². The summed E-state index contributed by atoms with van der Waals surface area (Å²) in [6.07, 6.45) is 0.562. The van der Waals surface area contributed by atoms with E-state index in [4.69, 9.17) is 4.74 Å². The van der Waals surface area contributed by atoms with Crippen LogP contribution in [-0.2, 0) is 16.1 Å². The first-order valence-electron chi connectivity index (χ1n) is 11.0. The van der Waals surface area contributed by atoms with Crippen molar-refractivity contribution in [2.75, 3.05) is 6.54 Å². The van der Waals surface area contributed by atoms with Gasteiger partial charge in [0.2, 0.25) is 5.91 Å². The van der Waals surface area contributed by atoms with Gasteiger partial charge in [-0.2, -0.15) is 0 Å². The molecule has 36 heavy (non-hydrogen) atoms. The van der Waals surface area contributed by atoms with Crippen LogP contribution >= 0.6 is 10.2 Å². The topological polar surface area (TPSA) is 71.5 Å². The highest BCUT2D eigenvalue weighted by atomic mass is 32.5. The third-order valence-electron chi connectivity index (χ3n) is 5.42. The third-order valence-corrected chi connectivity index (χ3v) is 6.59. The minimum absolute atomic E-state index is 0.0271. The number of pyridine rings is 1. The first-order chi connectivity index (χ1) is 16.2. The molecule has 1 aromatic carbocycles. The van der Waals surface area contributed by atoms with Crippen LogP contribution in [0.2, 0.25) is 0 Å². The summed E-state index contributed by atoms with van der Waals surface area (Å²) in [5.74, 6) is -1.28. The molecule has 2 aromatic rings. The number of rotatable bonds is 5. The van der Waals surface area contributed by atoms with Gasteiger partial charge in [-0.25, -0.2) is 9.18 Å². The molecule has 0 bridgehead atoms. The van der Waals surface area contributed by atoms with Gasteiger partial charge in [-0.15, -0.1) is 0 Å². The van der Waals surface area contributed by atoms with Crippen molar-refractivity contribution in [1.82, 2.24) is 15.2 Å². The number of halogens is 6. The lowest BCUT2D eigenvalue weighted by molar-refractivity contribution is -0.125. The number of nitrogens with zero attached hydrogens (tertiary/aromatic N) is 2. The number of ether oxygens (including phenoxy) is 1. The summed E-state index contributed by atoms with van der Waals surface area (Å²) in [5, 5.41) is 2.57. The van der Waals surface area contributed by atoms with E-state index in [-0.39, 0.29) is 41.4 Å². The quantitative estimate of drug-likeness (QED) is 0.424. The second-order valence-corrected chi connectivity index (χ2v) is 12.3. The van der Waals surface area contributed by atoms with Gasteiger partial charge >= 0.3 is 16.3 Å². The molecule has 0 saturated carbocycles. The maximum absolute atomic E-state index is 14.3. The van der Waals surface area contributed by atoms with E-state index < -0.39 is 44.6 Å². The van der Waals surface area contributed by atoms with E-state index in [0.29, 0.717) is 13.0 Å². The average molecular weight is 540 g/mol. The van der Waals surface area contributed by atoms with E-state index in [9.17, 15) is 33.4 Å². The molecule has 2 heterocycles. The molecule has 6 nitrogen and oxygen atoms in total. The van der Waals surface area contributed by atoms with Gasteiger partial charge in [0.1, 0.15) is 22.4 Å². The zero-order valence-electron chi connectivity index (χ0n) is 20.0. The summed E-state index contributed by atoms with van der Waals surface area (Å²) in [6.45, 7) is 7.00. The Hall–Kier alpha value is -2.96. The standard InChI is InChI=1S/C23H27F6N3O3S/c1-14-9-20(32(13-14)22(34)35-23(2,3)4)21(33)31-11-16-10-19(30-12-18(16)24)15-5-7-17(8-6-15)36(25,26,27,28)29/h5-8,10,12,14,20H,9,11,13H2,1-4H3,(H,31,33)/t14-,20+/m1/s1. The molecule has 1 saturated heterocycles. The summed E-state index contributed by atoms with van der Waals surface area (Å²) in [4.78, 5) is 28.4. The van der Waals surface area contributed by atoms with Crippen LogP contribution in [0, 0.1) is 11.7 Å². The van der Waals surface area contributed by atoms with Crippen molar-refractivity contribution in [2.24, 2.45) is 5.92 Å². The lowest BCUT2D eigenvalue weighted by atomic mass is 10.1. The third kappa shape index (κ3) is 6.83. The molecular weight excluding hydrogens is 512 g/mol. The lowest BCUT2D eigenvalue weighted by Crippen LogP contribution is -2.47. The highest BCUT2D eigenvalue weighted by Gasteiger charge is 2.65. The van der Waals surface area contributed by atoms with E-state index in [1.54, 1.807) is 20.8 Å². The van der Waals surface area contributed by atoms with E-state index in [2.05, 4.69) is 10.3 Å². The normalized spacial score (nSPS) is 20.4. The Balaban J connectivity index is 1.74. The number of hydrogen-bond donors (Lipinski definition) is 1. The van der Waals surface area contributed by atoms with Gasteiger partial charge in [0, 0.05) is 24.2 Å². The maximum Gasteiger partial charge on any atom is 0.410 e. The van der Waals surface area contributed by atoms with Crippen molar-refractivity contribution in [2.45, 2.75) is 57.2 Å². The molecular formula is C23H27F6N3O3S. The zero-order valence-corrected chi connectivity index (χ0v) is 20.9. The SMILES string of the molecule is C[C@@H]1C[C@@H](C(=O)NCc2cc(-c3ccc(S(F)(F)(F)(F)F)cc3)ncc2F)N(C(=O)OC(C)(C)C)C1. The lowest BCUT2D eigenvalue weighted by Gasteiger charge is -2.40. The van der Waals surface area contributed by atoms with Crippen molar-refractivity contribution in [3.8, 4) is 11.3 Å². The Labute approximate surface area is 204 Å². The summed E-state index contributed by atoms with van der Waals surface area (Å²) in [5.41, 5.74) is -0.705. The Morgan fingerprint density at radius 2 is 1.75 bits per heavy atom. The molecule has 2 amide bonds. The van der Waals surface area contributed by atoms with Gasteiger partial charge in [0.25, 0.3) is 0 Å². The van der Waals surface area contributed by atoms with Crippen molar-refractivity contribution in [3.63, 3.8) is 0 Å². The van der Waals surface area contributed by atoms with Crippen LogP contribution in [0.15, 0.2) is 41.4 Å². The predicted octanol–water partition coefficient (Wildman–Crippen LogP) is 6.81. The molecule has 200 valence electrons. The number of nitrogens with one attached hydrogen (secondary N) is 1. The molecule has 3 rings (SSSR count). The number of carbonyl (C=O) groups excluding carboxylic acids is 2. The first kappa shape index (κ1) is 27.6. The molecule has 13 heteroatoms. The van der Waals surface area contributed by atoms with Crippen LogP contribution < -0.4 is 5.32 Å². The fourth-order valence-electron chi connectivity index (χ4n) is 3.77. The Morgan fingerprint density at radius 1 is 1.14 bits per heavy atom. The Bertz CT molecular complexity index is 1170. The number of carbonyl (C=O) groups is 2. The van der Waals surface area contributed by atoms with Crippen molar-refractivity contribution in [1.29, 1.82) is 0 Å². The maximum atomic E-state index is 14.3. The van der Waals surface area contributed by atoms with Crippen LogP contribution in [0.3, 0.4) is 0 Å². The molecule has 0 spiro atoms. The molecule has 0 unspecified atom stereocenters. The largest absolute Gasteiger partial charge is 0.444 e. The van der Waals surface area contributed by atoms with Crippen LogP contribution in [0.4, 0.5) is 28.6 Å². The summed E-state index contributed by atoms with van der Waals surface area (Å²) < 4.78 is 84.4. The zero-order chi connectivity index (χ0) is 27.2. The fourth-order valence-corrected chi connectivity index (χ4v) is 4.42. The Kier molecular flexibility index (Phi) is 6.57. The van der Waals surface area contributed by atoms with E-state index in [1.807, 2.05) is 6.92 Å². The van der Waals surface area contributed by atoms with Gasteiger partial charge < -0.3 is 10.1 Å². The number of hydrogen-bond acceptors (Lipinski definition) is 4. The Morgan fingerprint density at radius 3 is 2.31 bits per heavy atom. The monoisotopic (exact) mass is 539 g/mol. The van der Waals surface area contributed by atoms with Crippen molar-refractivity contribution in [3.05, 3.63) is 47.9 Å². The highest BCUT2D eigenvalue weighted by molar-refractivity contribution is 8.45. The average Bonchev–Trinajstić information content (AvgIpc) is 3.12. The summed E-state index contributed by atoms with van der Waals surface area (Å²) in [7, 11) is -9.82. The number of aromatic nitrogens is 1. The van der Waals surface area contributed by atoms with Crippen LogP contribution in [-0.4, -0.2) is 40.1 Å². The van der Waals surface area contributed by atoms with Crippen LogP contribution in [0.25, 0.3) is 11.3 Å². The fraction of sp³-hybridized carbons (Fsp3) is 0.435. The van der Waals surface area contributed by atoms with Gasteiger partial charge in [0.05, 0.1) is 11.9 Å². The number of likely N-dealkylation sites (tertiary alicyclic amines) is 1. The number of benzene rings is 1. The molecule has 0 radical (unpaired) electrons. The van der Waals surface area contributed by atoms with Crippen molar-refractivity contribution < 1.29 is 38.1 Å². The second kappa shape index (κ2) is 8.56. The molecule has 1 N–H and O–H groups in total. The first-order valence-corrected chi connectivity index (χ1v) is 12.9. The van der Waals surface area contributed by atoms with E-state index in [0.717, 1.165) is 18.3 Å². The molecule has 1 aliphatic heterocycles. The minimum Gasteiger partial charge on any atom is -0.444 e. The van der Waals surface area contributed by atoms with Gasteiger partial charge in [-0.1, -0.05) is 38.5 Å². The van der Waals surface area contributed by atoms with Gasteiger partial charge in [0.15, 0.2) is 0 Å². The second-order valence-electron chi connectivity index (χ2n) is 9.86. The molecule has 1 aromatic heterocycles. The molecule has 2 atom stereocenters. The summed E-state index contributed by atoms with van der Waals surface area (Å²) >= 11 is 0. The summed E-state index contributed by atoms with van der Waals surface area (Å²) in [6, 6.07) is 2.50. The molecule has 1 fully saturated rings. The smallest absolute Gasteiger partial charge is 0.410 e. The van der Waals surface area contributed by atoms with Crippen LogP contribution in [0.1, 0.15) is 39.7 Å². The van der Waals surface area contributed by atoms with Gasteiger partial charge in [-0.3, -0.25) is 14.7 Å². The molecule has 0 aliphatic carbocycles. The molecule has 1 aliphatic rings. The van der Waals surface area contributed by atoms with Crippen LogP contribution in [0.5, 0.6) is 0 Å². The van der Waals surface area contributed by atoms with Gasteiger partial charge in [-0.05, 0) is 51.3 Å². The van der Waals surface area contributed by atoms with Crippen molar-refractivity contribution >= 4 is 22.2 Å². The minimum atomic E-state index is -9.82. The number of amides is 2. The predicted molar refractivity (Wildman–Crippen MR) is 123 cm³/mol.